The molecule has 0 saturated carbocycles. The van der Waals surface area contributed by atoms with Gasteiger partial charge in [-0.05, 0) is 48.5 Å². The van der Waals surface area contributed by atoms with Gasteiger partial charge in [0.25, 0.3) is 0 Å². The van der Waals surface area contributed by atoms with Gasteiger partial charge < -0.3 is 5.11 Å². The van der Waals surface area contributed by atoms with E-state index in [1.54, 1.807) is 18.0 Å². The lowest BCUT2D eigenvalue weighted by Gasteiger charge is -2.28. The number of carboxylic acids is 1. The topological polar surface area (TPSA) is 56.7 Å². The number of carboxylic acid groups (broad SMARTS) is 1. The molecule has 1 aromatic heterocycles. The van der Waals surface area contributed by atoms with Gasteiger partial charge in [-0.1, -0.05) is 18.2 Å². The first kappa shape index (κ1) is 18.9. The fraction of sp³-hybridized carbons (Fsp3) is 0.400. The second kappa shape index (κ2) is 9.16. The Morgan fingerprint density at radius 1 is 1.19 bits per heavy atom. The van der Waals surface area contributed by atoms with Crippen LogP contribution in [0.4, 0.5) is 0 Å². The van der Waals surface area contributed by atoms with Crippen molar-refractivity contribution in [1.82, 2.24) is 14.8 Å². The molecule has 5 nitrogen and oxygen atoms in total. The SMILES string of the molecule is CSc1ccc([C@@H](C(=O)O)N2CCCN(Cc3cccnc3)CC2)cc1. The molecule has 0 bridgehead atoms. The van der Waals surface area contributed by atoms with E-state index in [9.17, 15) is 9.90 Å². The van der Waals surface area contributed by atoms with E-state index in [1.807, 2.05) is 42.8 Å². The van der Waals surface area contributed by atoms with Gasteiger partial charge in [-0.3, -0.25) is 19.6 Å². The van der Waals surface area contributed by atoms with Gasteiger partial charge >= 0.3 is 5.97 Å². The zero-order valence-electron chi connectivity index (χ0n) is 15.0. The van der Waals surface area contributed by atoms with Gasteiger partial charge in [-0.15, -0.1) is 11.8 Å². The van der Waals surface area contributed by atoms with Gasteiger partial charge in [0.2, 0.25) is 0 Å². The summed E-state index contributed by atoms with van der Waals surface area (Å²) in [5, 5.41) is 9.83. The Balaban J connectivity index is 1.67. The zero-order chi connectivity index (χ0) is 18.4. The highest BCUT2D eigenvalue weighted by Crippen LogP contribution is 2.25. The van der Waals surface area contributed by atoms with E-state index in [0.717, 1.165) is 49.6 Å². The van der Waals surface area contributed by atoms with Gasteiger partial charge in [0.05, 0.1) is 0 Å². The van der Waals surface area contributed by atoms with Crippen LogP contribution in [0.3, 0.4) is 0 Å². The van der Waals surface area contributed by atoms with Crippen LogP contribution in [0, 0.1) is 0 Å². The van der Waals surface area contributed by atoms with Gasteiger partial charge in [0.15, 0.2) is 0 Å². The molecule has 1 aliphatic rings. The minimum atomic E-state index is -0.775. The van der Waals surface area contributed by atoms with E-state index in [1.165, 1.54) is 5.56 Å². The summed E-state index contributed by atoms with van der Waals surface area (Å²) in [5.74, 6) is -0.775. The van der Waals surface area contributed by atoms with Crippen LogP contribution in [0.1, 0.15) is 23.6 Å². The molecular formula is C20H25N3O2S. The van der Waals surface area contributed by atoms with Crippen molar-refractivity contribution in [3.63, 3.8) is 0 Å². The van der Waals surface area contributed by atoms with Crippen LogP contribution in [0.5, 0.6) is 0 Å². The molecule has 1 aromatic carbocycles. The van der Waals surface area contributed by atoms with Crippen LogP contribution in [-0.4, -0.2) is 58.3 Å². The summed E-state index contributed by atoms with van der Waals surface area (Å²) in [5.41, 5.74) is 2.05. The van der Waals surface area contributed by atoms with Crippen molar-refractivity contribution in [2.45, 2.75) is 23.9 Å². The minimum Gasteiger partial charge on any atom is -0.480 e. The second-order valence-corrected chi connectivity index (χ2v) is 7.42. The molecule has 2 heterocycles. The number of aromatic nitrogens is 1. The molecule has 1 N–H and O–H groups in total. The van der Waals surface area contributed by atoms with E-state index in [4.69, 9.17) is 0 Å². The standard InChI is InChI=1S/C20H25N3O2S/c1-26-18-7-5-17(6-8-18)19(20(24)25)23-11-3-10-22(12-13-23)15-16-4-2-9-21-14-16/h2,4-9,14,19H,3,10-13,15H2,1H3,(H,24,25)/t19-/m0/s1. The number of carbonyl (C=O) groups is 1. The van der Waals surface area contributed by atoms with Crippen molar-refractivity contribution in [1.29, 1.82) is 0 Å². The Hall–Kier alpha value is -1.89. The molecule has 138 valence electrons. The highest BCUT2D eigenvalue weighted by atomic mass is 32.2. The van der Waals surface area contributed by atoms with E-state index < -0.39 is 12.0 Å². The molecule has 0 aliphatic carbocycles. The van der Waals surface area contributed by atoms with Crippen molar-refractivity contribution < 1.29 is 9.90 Å². The fourth-order valence-corrected chi connectivity index (χ4v) is 3.86. The number of rotatable bonds is 6. The van der Waals surface area contributed by atoms with Gasteiger partial charge in [-0.25, -0.2) is 0 Å². The number of thioether (sulfide) groups is 1. The molecule has 0 amide bonds. The smallest absolute Gasteiger partial charge is 0.325 e. The first-order valence-corrected chi connectivity index (χ1v) is 10.1. The quantitative estimate of drug-likeness (QED) is 0.788. The summed E-state index contributed by atoms with van der Waals surface area (Å²) in [6, 6.07) is 11.4. The van der Waals surface area contributed by atoms with Crippen molar-refractivity contribution in [3.8, 4) is 0 Å². The summed E-state index contributed by atoms with van der Waals surface area (Å²) in [4.78, 5) is 21.8. The molecule has 1 saturated heterocycles. The number of nitrogens with zero attached hydrogens (tertiary/aromatic N) is 3. The third kappa shape index (κ3) is 4.84. The molecule has 6 heteroatoms. The average molecular weight is 372 g/mol. The van der Waals surface area contributed by atoms with Crippen molar-refractivity contribution in [2.75, 3.05) is 32.4 Å². The van der Waals surface area contributed by atoms with Gasteiger partial charge in [-0.2, -0.15) is 0 Å². The average Bonchev–Trinajstić information content (AvgIpc) is 2.89. The maximum Gasteiger partial charge on any atom is 0.325 e. The number of hydrogen-bond acceptors (Lipinski definition) is 5. The molecule has 0 spiro atoms. The predicted octanol–water partition coefficient (Wildman–Crippen LogP) is 3.14. The predicted molar refractivity (Wildman–Crippen MR) is 104 cm³/mol. The normalized spacial score (nSPS) is 17.6. The highest BCUT2D eigenvalue weighted by Gasteiger charge is 2.29. The maximum atomic E-state index is 12.0. The Kier molecular flexibility index (Phi) is 6.66. The fourth-order valence-electron chi connectivity index (χ4n) is 3.45. The molecular weight excluding hydrogens is 346 g/mol. The van der Waals surface area contributed by atoms with E-state index in [0.29, 0.717) is 0 Å². The molecule has 1 fully saturated rings. The van der Waals surface area contributed by atoms with E-state index in [-0.39, 0.29) is 0 Å². The summed E-state index contributed by atoms with van der Waals surface area (Å²) in [6.07, 6.45) is 6.67. The minimum absolute atomic E-state index is 0.579. The van der Waals surface area contributed by atoms with Crippen molar-refractivity contribution >= 4 is 17.7 Å². The monoisotopic (exact) mass is 371 g/mol. The molecule has 0 radical (unpaired) electrons. The Bertz CT molecular complexity index is 709. The van der Waals surface area contributed by atoms with Crippen LogP contribution in [0.2, 0.25) is 0 Å². The molecule has 3 rings (SSSR count). The lowest BCUT2D eigenvalue weighted by molar-refractivity contribution is -0.143. The largest absolute Gasteiger partial charge is 0.480 e. The van der Waals surface area contributed by atoms with E-state index in [2.05, 4.69) is 20.9 Å². The third-order valence-corrected chi connectivity index (χ3v) is 5.53. The number of aliphatic carboxylic acids is 1. The third-order valence-electron chi connectivity index (χ3n) is 4.78. The van der Waals surface area contributed by atoms with Gasteiger partial charge in [0, 0.05) is 43.5 Å². The molecule has 1 aliphatic heterocycles. The summed E-state index contributed by atoms with van der Waals surface area (Å²) >= 11 is 1.66. The maximum absolute atomic E-state index is 12.0. The lowest BCUT2D eigenvalue weighted by atomic mass is 10.1. The van der Waals surface area contributed by atoms with Crippen LogP contribution >= 0.6 is 11.8 Å². The second-order valence-electron chi connectivity index (χ2n) is 6.54. The van der Waals surface area contributed by atoms with E-state index >= 15 is 0 Å². The Labute approximate surface area is 159 Å². The molecule has 26 heavy (non-hydrogen) atoms. The summed E-state index contributed by atoms with van der Waals surface area (Å²) in [7, 11) is 0. The summed E-state index contributed by atoms with van der Waals surface area (Å²) < 4.78 is 0. The van der Waals surface area contributed by atoms with Crippen molar-refractivity contribution in [3.05, 3.63) is 59.9 Å². The number of hydrogen-bond donors (Lipinski definition) is 1. The molecule has 1 atom stereocenters. The number of pyridine rings is 1. The number of benzene rings is 1. The van der Waals surface area contributed by atoms with Crippen LogP contribution in [-0.2, 0) is 11.3 Å². The highest BCUT2D eigenvalue weighted by molar-refractivity contribution is 7.98. The first-order valence-electron chi connectivity index (χ1n) is 8.89. The zero-order valence-corrected chi connectivity index (χ0v) is 15.9. The Morgan fingerprint density at radius 2 is 2.00 bits per heavy atom. The van der Waals surface area contributed by atoms with Crippen LogP contribution in [0.15, 0.2) is 53.7 Å². The molecule has 2 aromatic rings. The van der Waals surface area contributed by atoms with Crippen LogP contribution in [0.25, 0.3) is 0 Å². The van der Waals surface area contributed by atoms with Crippen LogP contribution < -0.4 is 0 Å². The first-order chi connectivity index (χ1) is 12.7. The van der Waals surface area contributed by atoms with Gasteiger partial charge in [0.1, 0.15) is 6.04 Å². The lowest BCUT2D eigenvalue weighted by Crippen LogP contribution is -2.37. The Morgan fingerprint density at radius 3 is 2.65 bits per heavy atom. The molecule has 0 unspecified atom stereocenters. The van der Waals surface area contributed by atoms with Crippen molar-refractivity contribution in [2.24, 2.45) is 0 Å². The summed E-state index contributed by atoms with van der Waals surface area (Å²) in [6.45, 7) is 4.25.